The number of benzene rings is 2. The van der Waals surface area contributed by atoms with Crippen molar-refractivity contribution in [3.8, 4) is 17.2 Å². The van der Waals surface area contributed by atoms with Gasteiger partial charge in [0, 0.05) is 12.0 Å². The molecule has 5 nitrogen and oxygen atoms in total. The molecule has 0 spiro atoms. The zero-order valence-corrected chi connectivity index (χ0v) is 14.8. The molecule has 0 saturated carbocycles. The summed E-state index contributed by atoms with van der Waals surface area (Å²) in [6, 6.07) is 13.1. The van der Waals surface area contributed by atoms with Crippen molar-refractivity contribution in [1.29, 1.82) is 0 Å². The van der Waals surface area contributed by atoms with Crippen LogP contribution in [0.1, 0.15) is 29.8 Å². The van der Waals surface area contributed by atoms with Crippen molar-refractivity contribution < 1.29 is 19.0 Å². The van der Waals surface area contributed by atoms with Gasteiger partial charge in [-0.15, -0.1) is 0 Å². The van der Waals surface area contributed by atoms with E-state index in [-0.39, 0.29) is 11.3 Å². The van der Waals surface area contributed by atoms with Crippen molar-refractivity contribution in [2.24, 2.45) is 0 Å². The van der Waals surface area contributed by atoms with Gasteiger partial charge in [-0.25, -0.2) is 0 Å². The van der Waals surface area contributed by atoms with Crippen LogP contribution in [0.5, 0.6) is 17.2 Å². The van der Waals surface area contributed by atoms with E-state index in [1.54, 1.807) is 19.2 Å². The van der Waals surface area contributed by atoms with Crippen LogP contribution < -0.4 is 19.5 Å². The summed E-state index contributed by atoms with van der Waals surface area (Å²) in [6.07, 6.45) is 0. The highest BCUT2D eigenvalue weighted by molar-refractivity contribution is 5.96. The van der Waals surface area contributed by atoms with Crippen LogP contribution in [0.2, 0.25) is 0 Å². The standard InChI is InChI=1S/C20H23NO4/c1-20(2,14-8-9-17-18(12-14)25-11-10-24-17)13-21-19(22)15-6-4-5-7-16(15)23-3/h4-9,12H,10-11,13H2,1-3H3,(H,21,22). The molecule has 1 heterocycles. The third kappa shape index (κ3) is 3.71. The second kappa shape index (κ2) is 7.05. The summed E-state index contributed by atoms with van der Waals surface area (Å²) >= 11 is 0. The first-order valence-electron chi connectivity index (χ1n) is 8.32. The maximum Gasteiger partial charge on any atom is 0.255 e. The summed E-state index contributed by atoms with van der Waals surface area (Å²) in [4.78, 5) is 12.5. The summed E-state index contributed by atoms with van der Waals surface area (Å²) < 4.78 is 16.5. The molecule has 5 heteroatoms. The topological polar surface area (TPSA) is 56.8 Å². The van der Waals surface area contributed by atoms with Crippen molar-refractivity contribution in [1.82, 2.24) is 5.32 Å². The Hall–Kier alpha value is -2.69. The largest absolute Gasteiger partial charge is 0.496 e. The molecule has 1 aliphatic heterocycles. The molecule has 0 aliphatic carbocycles. The molecule has 0 bridgehead atoms. The fourth-order valence-corrected chi connectivity index (χ4v) is 2.80. The van der Waals surface area contributed by atoms with Crippen molar-refractivity contribution in [3.05, 3.63) is 53.6 Å². The molecule has 25 heavy (non-hydrogen) atoms. The van der Waals surface area contributed by atoms with E-state index in [9.17, 15) is 4.79 Å². The van der Waals surface area contributed by atoms with Crippen LogP contribution in [0, 0.1) is 0 Å². The third-order valence-electron chi connectivity index (χ3n) is 4.37. The highest BCUT2D eigenvalue weighted by Crippen LogP contribution is 2.35. The summed E-state index contributed by atoms with van der Waals surface area (Å²) in [7, 11) is 1.56. The predicted molar refractivity (Wildman–Crippen MR) is 95.8 cm³/mol. The number of methoxy groups -OCH3 is 1. The van der Waals surface area contributed by atoms with Crippen LogP contribution in [0.15, 0.2) is 42.5 Å². The van der Waals surface area contributed by atoms with E-state index < -0.39 is 0 Å². The minimum Gasteiger partial charge on any atom is -0.496 e. The van der Waals surface area contributed by atoms with Gasteiger partial charge in [0.25, 0.3) is 5.91 Å². The maximum absolute atomic E-state index is 12.5. The first kappa shape index (κ1) is 17.1. The second-order valence-corrected chi connectivity index (χ2v) is 6.63. The van der Waals surface area contributed by atoms with Gasteiger partial charge in [0.05, 0.1) is 12.7 Å². The summed E-state index contributed by atoms with van der Waals surface area (Å²) in [6.45, 7) is 5.79. The Labute approximate surface area is 147 Å². The fourth-order valence-electron chi connectivity index (χ4n) is 2.80. The fraction of sp³-hybridized carbons (Fsp3) is 0.350. The normalized spacial score (nSPS) is 13.2. The predicted octanol–water partition coefficient (Wildman–Crippen LogP) is 3.17. The van der Waals surface area contributed by atoms with Crippen molar-refractivity contribution >= 4 is 5.91 Å². The number of ether oxygens (including phenoxy) is 3. The van der Waals surface area contributed by atoms with E-state index in [1.165, 1.54) is 0 Å². The highest BCUT2D eigenvalue weighted by atomic mass is 16.6. The maximum atomic E-state index is 12.5. The zero-order chi connectivity index (χ0) is 17.9. The lowest BCUT2D eigenvalue weighted by atomic mass is 9.84. The Morgan fingerprint density at radius 3 is 2.60 bits per heavy atom. The number of fused-ring (bicyclic) bond motifs is 1. The number of amides is 1. The van der Waals surface area contributed by atoms with Crippen LogP contribution in [-0.2, 0) is 5.41 Å². The highest BCUT2D eigenvalue weighted by Gasteiger charge is 2.25. The lowest BCUT2D eigenvalue weighted by Crippen LogP contribution is -2.36. The third-order valence-corrected chi connectivity index (χ3v) is 4.37. The van der Waals surface area contributed by atoms with Gasteiger partial charge >= 0.3 is 0 Å². The van der Waals surface area contributed by atoms with E-state index >= 15 is 0 Å². The molecule has 0 atom stereocenters. The quantitative estimate of drug-likeness (QED) is 0.907. The van der Waals surface area contributed by atoms with Gasteiger partial charge in [0.2, 0.25) is 0 Å². The molecule has 1 N–H and O–H groups in total. The molecule has 0 saturated heterocycles. The van der Waals surface area contributed by atoms with E-state index in [2.05, 4.69) is 19.2 Å². The molecule has 2 aromatic rings. The number of para-hydroxylation sites is 1. The number of hydrogen-bond donors (Lipinski definition) is 1. The van der Waals surface area contributed by atoms with E-state index in [0.29, 0.717) is 31.1 Å². The lowest BCUT2D eigenvalue weighted by molar-refractivity contribution is 0.0942. The molecule has 0 aromatic heterocycles. The van der Waals surface area contributed by atoms with Gasteiger partial charge in [-0.1, -0.05) is 32.0 Å². The van der Waals surface area contributed by atoms with Gasteiger partial charge in [0.15, 0.2) is 11.5 Å². The summed E-state index contributed by atoms with van der Waals surface area (Å²) in [5, 5.41) is 3.00. The zero-order valence-electron chi connectivity index (χ0n) is 14.8. The lowest BCUT2D eigenvalue weighted by Gasteiger charge is -2.28. The van der Waals surface area contributed by atoms with Crippen LogP contribution >= 0.6 is 0 Å². The van der Waals surface area contributed by atoms with Gasteiger partial charge in [-0.3, -0.25) is 4.79 Å². The smallest absolute Gasteiger partial charge is 0.255 e. The van der Waals surface area contributed by atoms with E-state index in [4.69, 9.17) is 14.2 Å². The molecule has 1 amide bonds. The molecule has 1 aliphatic rings. The monoisotopic (exact) mass is 341 g/mol. The molecule has 0 unspecified atom stereocenters. The van der Waals surface area contributed by atoms with Gasteiger partial charge in [0.1, 0.15) is 19.0 Å². The molecule has 0 fully saturated rings. The molecule has 0 radical (unpaired) electrons. The number of carbonyl (C=O) groups is 1. The average molecular weight is 341 g/mol. The summed E-state index contributed by atoms with van der Waals surface area (Å²) in [5.74, 6) is 1.94. The minimum atomic E-state index is -0.256. The SMILES string of the molecule is COc1ccccc1C(=O)NCC(C)(C)c1ccc2c(c1)OCCO2. The van der Waals surface area contributed by atoms with Gasteiger partial charge in [-0.05, 0) is 29.8 Å². The Morgan fingerprint density at radius 2 is 1.84 bits per heavy atom. The Bertz CT molecular complexity index is 770. The molecular weight excluding hydrogens is 318 g/mol. The van der Waals surface area contributed by atoms with Crippen molar-refractivity contribution in [3.63, 3.8) is 0 Å². The number of nitrogens with one attached hydrogen (secondary N) is 1. The van der Waals surface area contributed by atoms with Crippen molar-refractivity contribution in [2.45, 2.75) is 19.3 Å². The number of hydrogen-bond acceptors (Lipinski definition) is 4. The molecule has 2 aromatic carbocycles. The summed E-state index contributed by atoms with van der Waals surface area (Å²) in [5.41, 5.74) is 1.35. The molecule has 132 valence electrons. The average Bonchev–Trinajstić information content (AvgIpc) is 2.65. The Kier molecular flexibility index (Phi) is 4.83. The number of rotatable bonds is 5. The van der Waals surface area contributed by atoms with Gasteiger partial charge < -0.3 is 19.5 Å². The minimum absolute atomic E-state index is 0.150. The first-order chi connectivity index (χ1) is 12.0. The van der Waals surface area contributed by atoms with Crippen LogP contribution in [0.4, 0.5) is 0 Å². The van der Waals surface area contributed by atoms with Gasteiger partial charge in [-0.2, -0.15) is 0 Å². The molecule has 3 rings (SSSR count). The second-order valence-electron chi connectivity index (χ2n) is 6.63. The van der Waals surface area contributed by atoms with Crippen LogP contribution in [-0.4, -0.2) is 32.8 Å². The van der Waals surface area contributed by atoms with Crippen LogP contribution in [0.25, 0.3) is 0 Å². The van der Waals surface area contributed by atoms with Crippen molar-refractivity contribution in [2.75, 3.05) is 26.9 Å². The molecular formula is C20H23NO4. The first-order valence-corrected chi connectivity index (χ1v) is 8.32. The Balaban J connectivity index is 1.72. The van der Waals surface area contributed by atoms with E-state index in [1.807, 2.05) is 30.3 Å². The number of carbonyl (C=O) groups excluding carboxylic acids is 1. The van der Waals surface area contributed by atoms with E-state index in [0.717, 1.165) is 17.1 Å². The Morgan fingerprint density at radius 1 is 1.12 bits per heavy atom. The van der Waals surface area contributed by atoms with Crippen LogP contribution in [0.3, 0.4) is 0 Å².